The van der Waals surface area contributed by atoms with Crippen LogP contribution in [0.15, 0.2) is 48.8 Å². The molecule has 1 aliphatic rings. The van der Waals surface area contributed by atoms with E-state index in [2.05, 4.69) is 35.7 Å². The van der Waals surface area contributed by atoms with Crippen LogP contribution in [0.3, 0.4) is 0 Å². The third-order valence-electron chi connectivity index (χ3n) is 4.13. The highest BCUT2D eigenvalue weighted by Gasteiger charge is 2.22. The molecule has 0 bridgehead atoms. The van der Waals surface area contributed by atoms with Crippen LogP contribution >= 0.6 is 0 Å². The molecule has 122 valence electrons. The smallest absolute Gasteiger partial charge is 0.247 e. The average molecular weight is 322 g/mol. The molecule has 4 rings (SSSR count). The summed E-state index contributed by atoms with van der Waals surface area (Å²) in [5.41, 5.74) is 0.945. The molecule has 2 aromatic heterocycles. The zero-order valence-corrected chi connectivity index (χ0v) is 13.2. The fourth-order valence-corrected chi connectivity index (χ4v) is 2.88. The second kappa shape index (κ2) is 6.61. The molecule has 0 radical (unpaired) electrons. The molecule has 0 spiro atoms. The summed E-state index contributed by atoms with van der Waals surface area (Å²) < 4.78 is 1.73. The highest BCUT2D eigenvalue weighted by atomic mass is 15.6. The lowest BCUT2D eigenvalue weighted by atomic mass is 10.1. The Labute approximate surface area is 139 Å². The van der Waals surface area contributed by atoms with Gasteiger partial charge in [-0.3, -0.25) is 0 Å². The number of nitrogens with one attached hydrogen (secondary N) is 1. The third kappa shape index (κ3) is 3.03. The Hall–Kier alpha value is -3.03. The number of nitrogens with zero attached hydrogens (tertiary/aromatic N) is 7. The van der Waals surface area contributed by atoms with Crippen molar-refractivity contribution in [3.05, 3.63) is 48.8 Å². The maximum atomic E-state index is 4.31. The normalized spacial score (nSPS) is 15.4. The van der Waals surface area contributed by atoms with Gasteiger partial charge in [0.15, 0.2) is 0 Å². The van der Waals surface area contributed by atoms with Gasteiger partial charge in [0.25, 0.3) is 0 Å². The number of rotatable bonds is 4. The van der Waals surface area contributed by atoms with Crippen LogP contribution in [0.4, 0.5) is 11.9 Å². The van der Waals surface area contributed by atoms with Gasteiger partial charge in [0, 0.05) is 31.5 Å². The molecule has 0 saturated carbocycles. The predicted octanol–water partition coefficient (Wildman–Crippen LogP) is 1.53. The van der Waals surface area contributed by atoms with Crippen molar-refractivity contribution in [1.82, 2.24) is 30.2 Å². The lowest BCUT2D eigenvalue weighted by molar-refractivity contribution is 0.516. The Morgan fingerprint density at radius 2 is 1.71 bits per heavy atom. The molecule has 8 heteroatoms. The monoisotopic (exact) mass is 322 g/mol. The van der Waals surface area contributed by atoms with Crippen LogP contribution in [0, 0.1) is 0 Å². The molecule has 1 aromatic carbocycles. The van der Waals surface area contributed by atoms with Gasteiger partial charge in [-0.15, -0.1) is 0 Å². The Bertz CT molecular complexity index is 765. The number of benzene rings is 1. The fourth-order valence-electron chi connectivity index (χ4n) is 2.88. The molecule has 0 amide bonds. The van der Waals surface area contributed by atoms with Crippen LogP contribution in [0.1, 0.15) is 12.8 Å². The van der Waals surface area contributed by atoms with E-state index in [1.165, 1.54) is 0 Å². The van der Waals surface area contributed by atoms with Gasteiger partial charge >= 0.3 is 0 Å². The molecule has 1 aliphatic heterocycles. The van der Waals surface area contributed by atoms with Crippen LogP contribution in [0.2, 0.25) is 0 Å². The highest BCUT2D eigenvalue weighted by Crippen LogP contribution is 2.19. The van der Waals surface area contributed by atoms with Gasteiger partial charge in [0.05, 0.1) is 5.69 Å². The van der Waals surface area contributed by atoms with Crippen molar-refractivity contribution < 1.29 is 0 Å². The second-order valence-electron chi connectivity index (χ2n) is 5.70. The number of hydrogen-bond acceptors (Lipinski definition) is 7. The van der Waals surface area contributed by atoms with Gasteiger partial charge in [-0.1, -0.05) is 23.3 Å². The van der Waals surface area contributed by atoms with Gasteiger partial charge in [-0.25, -0.2) is 9.97 Å². The number of hydrogen-bond donors (Lipinski definition) is 1. The van der Waals surface area contributed by atoms with Crippen molar-refractivity contribution in [3.63, 3.8) is 0 Å². The predicted molar refractivity (Wildman–Crippen MR) is 90.0 cm³/mol. The molecule has 0 aliphatic carbocycles. The van der Waals surface area contributed by atoms with Gasteiger partial charge in [-0.05, 0) is 41.5 Å². The van der Waals surface area contributed by atoms with Crippen LogP contribution < -0.4 is 10.2 Å². The summed E-state index contributed by atoms with van der Waals surface area (Å²) in [6.45, 7) is 1.82. The van der Waals surface area contributed by atoms with E-state index in [9.17, 15) is 0 Å². The lowest BCUT2D eigenvalue weighted by Crippen LogP contribution is -2.40. The Morgan fingerprint density at radius 3 is 2.46 bits per heavy atom. The van der Waals surface area contributed by atoms with Crippen LogP contribution in [-0.4, -0.2) is 49.3 Å². The van der Waals surface area contributed by atoms with E-state index in [0.29, 0.717) is 12.0 Å². The largest absolute Gasteiger partial charge is 0.350 e. The number of piperidine rings is 1. The summed E-state index contributed by atoms with van der Waals surface area (Å²) in [7, 11) is 0. The number of aromatic nitrogens is 6. The molecule has 1 N–H and O–H groups in total. The van der Waals surface area contributed by atoms with Gasteiger partial charge in [0.1, 0.15) is 0 Å². The van der Waals surface area contributed by atoms with Crippen molar-refractivity contribution in [1.29, 1.82) is 0 Å². The number of anilines is 2. The van der Waals surface area contributed by atoms with Crippen LogP contribution in [0.25, 0.3) is 5.69 Å². The van der Waals surface area contributed by atoms with Gasteiger partial charge < -0.3 is 10.2 Å². The summed E-state index contributed by atoms with van der Waals surface area (Å²) in [6, 6.07) is 12.0. The van der Waals surface area contributed by atoms with E-state index in [4.69, 9.17) is 0 Å². The molecule has 8 nitrogen and oxygen atoms in total. The Morgan fingerprint density at radius 1 is 0.958 bits per heavy atom. The minimum Gasteiger partial charge on any atom is -0.350 e. The summed E-state index contributed by atoms with van der Waals surface area (Å²) in [4.78, 5) is 10.8. The first-order valence-electron chi connectivity index (χ1n) is 8.02. The highest BCUT2D eigenvalue weighted by molar-refractivity contribution is 5.39. The fraction of sp³-hybridized carbons (Fsp3) is 0.312. The molecule has 3 aromatic rings. The second-order valence-corrected chi connectivity index (χ2v) is 5.70. The van der Waals surface area contributed by atoms with E-state index in [0.717, 1.165) is 37.6 Å². The maximum absolute atomic E-state index is 4.31. The first-order valence-corrected chi connectivity index (χ1v) is 8.02. The molecule has 0 unspecified atom stereocenters. The molecule has 3 heterocycles. The summed E-state index contributed by atoms with van der Waals surface area (Å²) in [5.74, 6) is 1.47. The minimum atomic E-state index is 0.332. The van der Waals surface area contributed by atoms with Crippen molar-refractivity contribution in [2.45, 2.75) is 18.9 Å². The molecular weight excluding hydrogens is 304 g/mol. The SMILES string of the molecule is c1ccc(-n2nnnc2NC2CCN(c3ncccn3)CC2)cc1. The maximum Gasteiger partial charge on any atom is 0.247 e. The van der Waals surface area contributed by atoms with E-state index in [-0.39, 0.29) is 0 Å². The standard InChI is InChI=1S/C16H18N8/c1-2-5-14(6-3-1)24-16(20-21-22-24)19-13-7-11-23(12-8-13)15-17-9-4-10-18-15/h1-6,9-10,13H,7-8,11-12H2,(H,19,20,22). The van der Waals surface area contributed by atoms with Crippen molar-refractivity contribution in [2.24, 2.45) is 0 Å². The summed E-state index contributed by atoms with van der Waals surface area (Å²) in [5, 5.41) is 15.4. The van der Waals surface area contributed by atoms with Crippen molar-refractivity contribution >= 4 is 11.9 Å². The van der Waals surface area contributed by atoms with Crippen LogP contribution in [0.5, 0.6) is 0 Å². The van der Waals surface area contributed by atoms with Crippen molar-refractivity contribution in [3.8, 4) is 5.69 Å². The minimum absolute atomic E-state index is 0.332. The lowest BCUT2D eigenvalue weighted by Gasteiger charge is -2.32. The molecule has 0 atom stereocenters. The van der Waals surface area contributed by atoms with E-state index < -0.39 is 0 Å². The van der Waals surface area contributed by atoms with E-state index >= 15 is 0 Å². The quantitative estimate of drug-likeness (QED) is 0.779. The molecule has 24 heavy (non-hydrogen) atoms. The zero-order valence-electron chi connectivity index (χ0n) is 13.2. The number of tetrazole rings is 1. The van der Waals surface area contributed by atoms with Crippen LogP contribution in [-0.2, 0) is 0 Å². The van der Waals surface area contributed by atoms with E-state index in [1.54, 1.807) is 17.1 Å². The first-order chi connectivity index (χ1) is 11.9. The third-order valence-corrected chi connectivity index (χ3v) is 4.13. The summed E-state index contributed by atoms with van der Waals surface area (Å²) in [6.07, 6.45) is 5.53. The average Bonchev–Trinajstić information content (AvgIpc) is 3.12. The van der Waals surface area contributed by atoms with E-state index in [1.807, 2.05) is 36.4 Å². The number of para-hydroxylation sites is 1. The molecule has 1 saturated heterocycles. The molecular formula is C16H18N8. The topological polar surface area (TPSA) is 84.7 Å². The Kier molecular flexibility index (Phi) is 4.01. The van der Waals surface area contributed by atoms with Gasteiger partial charge in [0.2, 0.25) is 11.9 Å². The van der Waals surface area contributed by atoms with Gasteiger partial charge in [-0.2, -0.15) is 4.68 Å². The zero-order chi connectivity index (χ0) is 16.2. The summed E-state index contributed by atoms with van der Waals surface area (Å²) >= 11 is 0. The van der Waals surface area contributed by atoms with Crippen molar-refractivity contribution in [2.75, 3.05) is 23.3 Å². The molecule has 1 fully saturated rings. The first kappa shape index (κ1) is 14.6. The Balaban J connectivity index is 1.41.